The van der Waals surface area contributed by atoms with Gasteiger partial charge in [0, 0.05) is 21.0 Å². The molecule has 3 rings (SSSR count). The zero-order valence-corrected chi connectivity index (χ0v) is 16.8. The van der Waals surface area contributed by atoms with Crippen LogP contribution < -0.4 is 5.32 Å². The van der Waals surface area contributed by atoms with Crippen LogP contribution in [0.25, 0.3) is 0 Å². The molecule has 3 aromatic rings. The summed E-state index contributed by atoms with van der Waals surface area (Å²) in [6.45, 7) is 3.58. The van der Waals surface area contributed by atoms with Crippen molar-refractivity contribution in [1.82, 2.24) is 9.78 Å². The first-order valence-electron chi connectivity index (χ1n) is 8.53. The molecule has 146 valence electrons. The summed E-state index contributed by atoms with van der Waals surface area (Å²) in [5.74, 6) is -0.820. The molecule has 0 aliphatic heterocycles. The van der Waals surface area contributed by atoms with Crippen LogP contribution in [0.15, 0.2) is 53.6 Å². The van der Waals surface area contributed by atoms with Gasteiger partial charge in [-0.15, -0.1) is 11.8 Å². The van der Waals surface area contributed by atoms with Gasteiger partial charge in [0.2, 0.25) is 5.91 Å². The summed E-state index contributed by atoms with van der Waals surface area (Å²) in [5.41, 5.74) is 0.885. The largest absolute Gasteiger partial charge is 0.310 e. The average Bonchev–Trinajstić information content (AvgIpc) is 3.00. The molecule has 1 heterocycles. The number of amides is 1. The van der Waals surface area contributed by atoms with E-state index in [2.05, 4.69) is 10.4 Å². The van der Waals surface area contributed by atoms with Crippen LogP contribution in [0.2, 0.25) is 5.02 Å². The van der Waals surface area contributed by atoms with E-state index < -0.39 is 11.6 Å². The number of aromatic nitrogens is 2. The smallest absolute Gasteiger partial charge is 0.238 e. The van der Waals surface area contributed by atoms with Crippen LogP contribution in [0.1, 0.15) is 18.1 Å². The van der Waals surface area contributed by atoms with E-state index >= 15 is 0 Å². The molecule has 1 aromatic heterocycles. The second-order valence-corrected chi connectivity index (χ2v) is 8.12. The Balaban J connectivity index is 1.73. The monoisotopic (exact) mass is 421 g/mol. The Kier molecular flexibility index (Phi) is 6.36. The maximum Gasteiger partial charge on any atom is 0.238 e. The molecule has 1 unspecified atom stereocenters. The summed E-state index contributed by atoms with van der Waals surface area (Å²) in [4.78, 5) is 13.5. The second-order valence-electron chi connectivity index (χ2n) is 6.27. The average molecular weight is 422 g/mol. The third-order valence-electron chi connectivity index (χ3n) is 4.09. The Morgan fingerprint density at radius 1 is 1.25 bits per heavy atom. The van der Waals surface area contributed by atoms with Crippen LogP contribution in [-0.2, 0) is 11.3 Å². The quantitative estimate of drug-likeness (QED) is 0.550. The molecule has 1 amide bonds. The summed E-state index contributed by atoms with van der Waals surface area (Å²) >= 11 is 7.27. The number of thioether (sulfide) groups is 1. The first kappa shape index (κ1) is 20.4. The van der Waals surface area contributed by atoms with Gasteiger partial charge in [-0.3, -0.25) is 4.79 Å². The molecule has 0 saturated heterocycles. The highest BCUT2D eigenvalue weighted by molar-refractivity contribution is 8.00. The topological polar surface area (TPSA) is 46.9 Å². The Labute approximate surface area is 170 Å². The number of carbonyl (C=O) groups is 1. The summed E-state index contributed by atoms with van der Waals surface area (Å²) < 4.78 is 28.8. The molecule has 0 aliphatic carbocycles. The van der Waals surface area contributed by atoms with Gasteiger partial charge in [-0.2, -0.15) is 5.10 Å². The van der Waals surface area contributed by atoms with Crippen molar-refractivity contribution >= 4 is 35.1 Å². The number of anilines is 1. The third-order valence-corrected chi connectivity index (χ3v) is 5.45. The highest BCUT2D eigenvalue weighted by atomic mass is 35.5. The van der Waals surface area contributed by atoms with Gasteiger partial charge < -0.3 is 5.32 Å². The van der Waals surface area contributed by atoms with Crippen molar-refractivity contribution < 1.29 is 13.6 Å². The number of hydrogen-bond acceptors (Lipinski definition) is 3. The van der Waals surface area contributed by atoms with Crippen molar-refractivity contribution in [2.75, 3.05) is 5.32 Å². The van der Waals surface area contributed by atoms with Crippen molar-refractivity contribution in [3.8, 4) is 0 Å². The first-order valence-corrected chi connectivity index (χ1v) is 9.78. The number of hydrogen-bond donors (Lipinski definition) is 1. The molecule has 0 spiro atoms. The molecule has 28 heavy (non-hydrogen) atoms. The maximum absolute atomic E-state index is 13.9. The fraction of sp³-hybridized carbons (Fsp3) is 0.200. The lowest BCUT2D eigenvalue weighted by Crippen LogP contribution is -2.24. The molecule has 0 radical (unpaired) electrons. The van der Waals surface area contributed by atoms with Gasteiger partial charge in [-0.1, -0.05) is 11.6 Å². The maximum atomic E-state index is 13.9. The van der Waals surface area contributed by atoms with Crippen LogP contribution in [0, 0.1) is 18.6 Å². The normalized spacial score (nSPS) is 12.0. The fourth-order valence-corrected chi connectivity index (χ4v) is 3.57. The molecule has 0 fully saturated rings. The Hall–Kier alpha value is -2.38. The molecule has 0 saturated carbocycles. The Morgan fingerprint density at radius 3 is 2.68 bits per heavy atom. The van der Waals surface area contributed by atoms with Crippen LogP contribution >= 0.6 is 23.4 Å². The molecule has 2 aromatic carbocycles. The molecule has 8 heteroatoms. The van der Waals surface area contributed by atoms with Crippen LogP contribution in [0.5, 0.6) is 0 Å². The summed E-state index contributed by atoms with van der Waals surface area (Å²) in [6, 6.07) is 10.5. The molecule has 0 bridgehead atoms. The number of aryl methyl sites for hydroxylation is 1. The van der Waals surface area contributed by atoms with E-state index in [0.717, 1.165) is 28.7 Å². The van der Waals surface area contributed by atoms with Gasteiger partial charge in [-0.05, 0) is 56.3 Å². The highest BCUT2D eigenvalue weighted by Crippen LogP contribution is 2.26. The highest BCUT2D eigenvalue weighted by Gasteiger charge is 2.19. The first-order chi connectivity index (χ1) is 13.3. The summed E-state index contributed by atoms with van der Waals surface area (Å²) in [7, 11) is 0. The van der Waals surface area contributed by atoms with Gasteiger partial charge in [0.15, 0.2) is 0 Å². The lowest BCUT2D eigenvalue weighted by atomic mass is 10.2. The minimum atomic E-state index is -0.529. The predicted octanol–water partition coefficient (Wildman–Crippen LogP) is 5.29. The summed E-state index contributed by atoms with van der Waals surface area (Å²) in [6.07, 6.45) is 1.57. The molecular formula is C20H18ClF2N3OS. The third kappa shape index (κ3) is 4.91. The summed E-state index contributed by atoms with van der Waals surface area (Å²) in [5, 5.41) is 7.27. The second kappa shape index (κ2) is 8.75. The fourth-order valence-electron chi connectivity index (χ4n) is 2.58. The van der Waals surface area contributed by atoms with Crippen molar-refractivity contribution in [2.24, 2.45) is 0 Å². The SMILES string of the molecule is Cc1cnn(Cc2cc(F)ccc2F)c1NC(=O)C(C)Sc1ccc(Cl)cc1. The van der Waals surface area contributed by atoms with E-state index in [9.17, 15) is 13.6 Å². The van der Waals surface area contributed by atoms with Gasteiger partial charge >= 0.3 is 0 Å². The number of benzene rings is 2. The number of nitrogens with one attached hydrogen (secondary N) is 1. The number of carbonyl (C=O) groups excluding carboxylic acids is 1. The van der Waals surface area contributed by atoms with E-state index in [1.54, 1.807) is 32.2 Å². The van der Waals surface area contributed by atoms with Gasteiger partial charge in [0.1, 0.15) is 17.5 Å². The van der Waals surface area contributed by atoms with E-state index in [1.165, 1.54) is 16.4 Å². The number of rotatable bonds is 6. The van der Waals surface area contributed by atoms with Gasteiger partial charge in [0.25, 0.3) is 0 Å². The van der Waals surface area contributed by atoms with Crippen LogP contribution in [0.4, 0.5) is 14.6 Å². The molecule has 1 atom stereocenters. The van der Waals surface area contributed by atoms with Crippen LogP contribution in [-0.4, -0.2) is 20.9 Å². The molecule has 0 aliphatic rings. The minimum absolute atomic E-state index is 0.00571. The van der Waals surface area contributed by atoms with Crippen LogP contribution in [0.3, 0.4) is 0 Å². The number of halogens is 3. The Bertz CT molecular complexity index is 992. The van der Waals surface area contributed by atoms with Gasteiger partial charge in [0.05, 0.1) is 18.0 Å². The van der Waals surface area contributed by atoms with E-state index in [1.807, 2.05) is 12.1 Å². The predicted molar refractivity (Wildman–Crippen MR) is 108 cm³/mol. The lowest BCUT2D eigenvalue weighted by Gasteiger charge is -2.14. The Morgan fingerprint density at radius 2 is 1.96 bits per heavy atom. The van der Waals surface area contributed by atoms with Crippen molar-refractivity contribution in [3.63, 3.8) is 0 Å². The molecule has 1 N–H and O–H groups in total. The zero-order valence-electron chi connectivity index (χ0n) is 15.2. The minimum Gasteiger partial charge on any atom is -0.310 e. The number of nitrogens with zero attached hydrogens (tertiary/aromatic N) is 2. The lowest BCUT2D eigenvalue weighted by molar-refractivity contribution is -0.115. The van der Waals surface area contributed by atoms with Gasteiger partial charge in [-0.25, -0.2) is 13.5 Å². The zero-order chi connectivity index (χ0) is 20.3. The van der Waals surface area contributed by atoms with E-state index in [-0.39, 0.29) is 23.3 Å². The molecular weight excluding hydrogens is 404 g/mol. The van der Waals surface area contributed by atoms with E-state index in [0.29, 0.717) is 10.8 Å². The van der Waals surface area contributed by atoms with Crippen molar-refractivity contribution in [3.05, 3.63) is 76.4 Å². The standard InChI is InChI=1S/C20H18ClF2N3OS/c1-12-10-24-26(11-14-9-16(22)5-8-18(14)23)19(12)25-20(27)13(2)28-17-6-3-15(21)4-7-17/h3-10,13H,11H2,1-2H3,(H,25,27). The van der Waals surface area contributed by atoms with Crippen molar-refractivity contribution in [1.29, 1.82) is 0 Å². The van der Waals surface area contributed by atoms with Crippen molar-refractivity contribution in [2.45, 2.75) is 30.5 Å². The van der Waals surface area contributed by atoms with E-state index in [4.69, 9.17) is 11.6 Å². The molecule has 4 nitrogen and oxygen atoms in total.